The maximum Gasteiger partial charge on any atom is 0.234 e. The molecule has 3 N–H and O–H groups in total. The topological polar surface area (TPSA) is 113 Å². The van der Waals surface area contributed by atoms with Crippen molar-refractivity contribution >= 4 is 57.3 Å². The van der Waals surface area contributed by atoms with E-state index in [1.165, 1.54) is 36.4 Å². The number of carbonyl (C=O) groups excluding carboxylic acids is 3. The fourth-order valence-corrected chi connectivity index (χ4v) is 4.65. The quantitative estimate of drug-likeness (QED) is 0.453. The lowest BCUT2D eigenvalue weighted by Gasteiger charge is -2.19. The van der Waals surface area contributed by atoms with Crippen molar-refractivity contribution in [3.8, 4) is 0 Å². The largest absolute Gasteiger partial charge is 0.326 e. The van der Waals surface area contributed by atoms with Crippen LogP contribution in [0.25, 0.3) is 0 Å². The van der Waals surface area contributed by atoms with Gasteiger partial charge in [-0.3, -0.25) is 14.4 Å². The molecule has 0 radical (unpaired) electrons. The summed E-state index contributed by atoms with van der Waals surface area (Å²) in [6.45, 7) is 1.43. The molecular weight excluding hydrogens is 410 g/mol. The summed E-state index contributed by atoms with van der Waals surface area (Å²) in [5.41, 5.74) is 1.21. The number of carbonyl (C=O) groups is 3. The van der Waals surface area contributed by atoms with Crippen LogP contribution in [0.3, 0.4) is 0 Å². The number of amides is 3. The Morgan fingerprint density at radius 2 is 1.79 bits per heavy atom. The second-order valence-electron chi connectivity index (χ2n) is 6.80. The van der Waals surface area contributed by atoms with Crippen molar-refractivity contribution in [3.05, 3.63) is 24.3 Å². The van der Waals surface area contributed by atoms with Crippen molar-refractivity contribution in [1.82, 2.24) is 10.2 Å². The van der Waals surface area contributed by atoms with E-state index in [0.29, 0.717) is 20.8 Å². The molecule has 3 rings (SSSR count). The van der Waals surface area contributed by atoms with Gasteiger partial charge in [0.05, 0.1) is 5.75 Å². The highest BCUT2D eigenvalue weighted by atomic mass is 32.2. The zero-order valence-electron chi connectivity index (χ0n) is 16.1. The van der Waals surface area contributed by atoms with Gasteiger partial charge in [0.2, 0.25) is 22.9 Å². The second kappa shape index (κ2) is 10.4. The van der Waals surface area contributed by atoms with Crippen molar-refractivity contribution in [1.29, 1.82) is 0 Å². The van der Waals surface area contributed by atoms with Crippen LogP contribution in [-0.2, 0) is 14.4 Å². The molecule has 1 saturated carbocycles. The third kappa shape index (κ3) is 6.82. The van der Waals surface area contributed by atoms with Crippen LogP contribution in [0.4, 0.5) is 16.5 Å². The first kappa shape index (κ1) is 21.3. The lowest BCUT2D eigenvalue weighted by molar-refractivity contribution is -0.120. The van der Waals surface area contributed by atoms with Gasteiger partial charge in [-0.25, -0.2) is 0 Å². The minimum absolute atomic E-state index is 0.00851. The third-order valence-corrected chi connectivity index (χ3v) is 6.38. The van der Waals surface area contributed by atoms with Crippen molar-refractivity contribution in [3.63, 3.8) is 0 Å². The summed E-state index contributed by atoms with van der Waals surface area (Å²) >= 11 is 2.52. The fraction of sp³-hybridized carbons (Fsp3) is 0.421. The number of hydrogen-bond acceptors (Lipinski definition) is 7. The average molecular weight is 434 g/mol. The number of hydrogen-bond donors (Lipinski definition) is 3. The van der Waals surface area contributed by atoms with E-state index in [1.54, 1.807) is 24.3 Å². The summed E-state index contributed by atoms with van der Waals surface area (Å²) in [5.74, 6) is -0.142. The highest BCUT2D eigenvalue weighted by molar-refractivity contribution is 8.01. The van der Waals surface area contributed by atoms with Gasteiger partial charge in [0.15, 0.2) is 4.34 Å². The van der Waals surface area contributed by atoms with Gasteiger partial charge in [0, 0.05) is 24.2 Å². The molecule has 0 spiro atoms. The Balaban J connectivity index is 1.46. The van der Waals surface area contributed by atoms with Crippen LogP contribution >= 0.6 is 23.1 Å². The van der Waals surface area contributed by atoms with Crippen molar-refractivity contribution in [2.45, 2.75) is 43.4 Å². The molecule has 0 atom stereocenters. The number of benzene rings is 1. The minimum atomic E-state index is -0.196. The molecule has 1 aliphatic rings. The van der Waals surface area contributed by atoms with E-state index in [0.717, 1.165) is 25.7 Å². The lowest BCUT2D eigenvalue weighted by Crippen LogP contribution is -2.24. The molecule has 1 heterocycles. The molecule has 29 heavy (non-hydrogen) atoms. The standard InChI is InChI=1S/C19H23N5O3S2/c1-12(25)20-14-8-5-9-15(10-14)21-16(26)11-28-19-24-23-18(29-19)22-17(27)13-6-3-2-4-7-13/h5,8-10,13H,2-4,6-7,11H2,1H3,(H,20,25)(H,21,26)(H,22,23,27). The number of anilines is 3. The van der Waals surface area contributed by atoms with Crippen LogP contribution in [0.15, 0.2) is 28.6 Å². The van der Waals surface area contributed by atoms with Crippen molar-refractivity contribution < 1.29 is 14.4 Å². The summed E-state index contributed by atoms with van der Waals surface area (Å²) in [5, 5.41) is 16.8. The van der Waals surface area contributed by atoms with Gasteiger partial charge in [-0.2, -0.15) is 0 Å². The van der Waals surface area contributed by atoms with E-state index in [4.69, 9.17) is 0 Å². The second-order valence-corrected chi connectivity index (χ2v) is 9.00. The molecule has 1 aromatic carbocycles. The first-order valence-electron chi connectivity index (χ1n) is 9.44. The molecule has 154 valence electrons. The molecule has 1 fully saturated rings. The zero-order chi connectivity index (χ0) is 20.6. The monoisotopic (exact) mass is 433 g/mol. The third-order valence-electron chi connectivity index (χ3n) is 4.41. The van der Waals surface area contributed by atoms with E-state index in [9.17, 15) is 14.4 Å². The number of aromatic nitrogens is 2. The van der Waals surface area contributed by atoms with Gasteiger partial charge in [-0.15, -0.1) is 10.2 Å². The molecule has 0 bridgehead atoms. The van der Waals surface area contributed by atoms with Crippen molar-refractivity contribution in [2.75, 3.05) is 21.7 Å². The summed E-state index contributed by atoms with van der Waals surface area (Å²) in [7, 11) is 0. The molecule has 1 aliphatic carbocycles. The fourth-order valence-electron chi connectivity index (χ4n) is 3.09. The zero-order valence-corrected chi connectivity index (χ0v) is 17.7. The minimum Gasteiger partial charge on any atom is -0.326 e. The van der Waals surface area contributed by atoms with Gasteiger partial charge in [-0.05, 0) is 31.0 Å². The van der Waals surface area contributed by atoms with Gasteiger partial charge in [-0.1, -0.05) is 48.4 Å². The first-order valence-corrected chi connectivity index (χ1v) is 11.2. The summed E-state index contributed by atoms with van der Waals surface area (Å²) < 4.78 is 0.617. The first-order chi connectivity index (χ1) is 14.0. The van der Waals surface area contributed by atoms with Crippen LogP contribution in [0.5, 0.6) is 0 Å². The molecule has 0 unspecified atom stereocenters. The van der Waals surface area contributed by atoms with Crippen molar-refractivity contribution in [2.24, 2.45) is 5.92 Å². The van der Waals surface area contributed by atoms with Crippen LogP contribution in [0.1, 0.15) is 39.0 Å². The van der Waals surface area contributed by atoms with Gasteiger partial charge in [0.1, 0.15) is 0 Å². The number of nitrogens with zero attached hydrogens (tertiary/aromatic N) is 2. The molecule has 0 saturated heterocycles. The number of nitrogens with one attached hydrogen (secondary N) is 3. The Kier molecular flexibility index (Phi) is 7.59. The highest BCUT2D eigenvalue weighted by Gasteiger charge is 2.22. The Morgan fingerprint density at radius 3 is 2.52 bits per heavy atom. The normalized spacial score (nSPS) is 14.2. The molecule has 3 amide bonds. The summed E-state index contributed by atoms with van der Waals surface area (Å²) in [6, 6.07) is 6.93. The Hall–Kier alpha value is -2.46. The molecular formula is C19H23N5O3S2. The number of thioether (sulfide) groups is 1. The van der Waals surface area contributed by atoms with Crippen LogP contribution in [0, 0.1) is 5.92 Å². The van der Waals surface area contributed by atoms with Gasteiger partial charge in [0.25, 0.3) is 0 Å². The SMILES string of the molecule is CC(=O)Nc1cccc(NC(=O)CSc2nnc(NC(=O)C3CCCCC3)s2)c1. The summed E-state index contributed by atoms with van der Waals surface area (Å²) in [6.07, 6.45) is 5.24. The number of rotatable bonds is 7. The molecule has 2 aromatic rings. The molecule has 8 nitrogen and oxygen atoms in total. The Labute approximate surface area is 177 Å². The average Bonchev–Trinajstić information content (AvgIpc) is 3.14. The highest BCUT2D eigenvalue weighted by Crippen LogP contribution is 2.28. The van der Waals surface area contributed by atoms with E-state index in [2.05, 4.69) is 26.1 Å². The predicted octanol–water partition coefficient (Wildman–Crippen LogP) is 3.75. The maximum absolute atomic E-state index is 12.3. The van der Waals surface area contributed by atoms with E-state index >= 15 is 0 Å². The molecule has 1 aromatic heterocycles. The predicted molar refractivity (Wildman–Crippen MR) is 115 cm³/mol. The van der Waals surface area contributed by atoms with Crippen LogP contribution in [-0.4, -0.2) is 33.7 Å². The molecule has 10 heteroatoms. The molecule has 0 aliphatic heterocycles. The van der Waals surface area contributed by atoms with Gasteiger partial charge >= 0.3 is 0 Å². The smallest absolute Gasteiger partial charge is 0.234 e. The summed E-state index contributed by atoms with van der Waals surface area (Å²) in [4.78, 5) is 35.6. The maximum atomic E-state index is 12.3. The van der Waals surface area contributed by atoms with E-state index < -0.39 is 0 Å². The Bertz CT molecular complexity index is 880. The van der Waals surface area contributed by atoms with Gasteiger partial charge < -0.3 is 16.0 Å². The van der Waals surface area contributed by atoms with E-state index in [-0.39, 0.29) is 29.4 Å². The Morgan fingerprint density at radius 1 is 1.07 bits per heavy atom. The van der Waals surface area contributed by atoms with Crippen LogP contribution < -0.4 is 16.0 Å². The van der Waals surface area contributed by atoms with Crippen LogP contribution in [0.2, 0.25) is 0 Å². The van der Waals surface area contributed by atoms with E-state index in [1.807, 2.05) is 0 Å². The lowest BCUT2D eigenvalue weighted by atomic mass is 9.89.